The van der Waals surface area contributed by atoms with Crippen molar-refractivity contribution in [1.29, 1.82) is 0 Å². The number of carbonyl (C=O) groups is 2. The summed E-state index contributed by atoms with van der Waals surface area (Å²) < 4.78 is 7.43. The number of nitrogens with zero attached hydrogens (tertiary/aromatic N) is 4. The van der Waals surface area contributed by atoms with Crippen LogP contribution in [-0.2, 0) is 4.79 Å². The molecule has 1 fully saturated rings. The molecule has 0 aromatic carbocycles. The second-order valence-corrected chi connectivity index (χ2v) is 6.33. The molecule has 3 N–H and O–H groups in total. The van der Waals surface area contributed by atoms with E-state index in [1.54, 1.807) is 18.3 Å². The number of primary amides is 1. The lowest BCUT2D eigenvalue weighted by molar-refractivity contribution is -0.119. The molecule has 0 radical (unpaired) electrons. The van der Waals surface area contributed by atoms with Gasteiger partial charge in [-0.15, -0.1) is 0 Å². The molecule has 134 valence electrons. The predicted molar refractivity (Wildman–Crippen MR) is 92.6 cm³/mol. The molecule has 0 bridgehead atoms. The van der Waals surface area contributed by atoms with Crippen molar-refractivity contribution in [2.75, 3.05) is 6.61 Å². The smallest absolute Gasteiger partial charge is 0.252 e. The number of nitrogens with two attached hydrogens (primary N) is 1. The zero-order chi connectivity index (χ0) is 18.3. The third-order valence-corrected chi connectivity index (χ3v) is 4.77. The van der Waals surface area contributed by atoms with E-state index in [2.05, 4.69) is 27.3 Å². The Morgan fingerprint density at radius 1 is 1.46 bits per heavy atom. The Balaban J connectivity index is 1.73. The highest BCUT2D eigenvalue weighted by atomic mass is 16.5. The van der Waals surface area contributed by atoms with Gasteiger partial charge in [-0.3, -0.25) is 9.59 Å². The number of hydrogen-bond donors (Lipinski definition) is 2. The van der Waals surface area contributed by atoms with Crippen molar-refractivity contribution < 1.29 is 14.3 Å². The summed E-state index contributed by atoms with van der Waals surface area (Å²) in [5.41, 5.74) is 6.67. The van der Waals surface area contributed by atoms with E-state index in [9.17, 15) is 9.59 Å². The third kappa shape index (κ3) is 2.61. The number of amides is 2. The van der Waals surface area contributed by atoms with E-state index in [0.29, 0.717) is 35.5 Å². The minimum absolute atomic E-state index is 0.0427. The molecule has 3 aromatic rings. The zero-order valence-corrected chi connectivity index (χ0v) is 14.2. The second kappa shape index (κ2) is 6.25. The fourth-order valence-corrected chi connectivity index (χ4v) is 3.41. The van der Waals surface area contributed by atoms with Crippen LogP contribution in [0, 0.1) is 5.92 Å². The molecule has 4 heterocycles. The number of rotatable bonds is 5. The molecule has 26 heavy (non-hydrogen) atoms. The molecule has 0 spiro atoms. The fourth-order valence-electron chi connectivity index (χ4n) is 3.41. The molecule has 1 saturated heterocycles. The van der Waals surface area contributed by atoms with Crippen LogP contribution in [-0.4, -0.2) is 44.0 Å². The van der Waals surface area contributed by atoms with E-state index in [-0.39, 0.29) is 23.4 Å². The van der Waals surface area contributed by atoms with Crippen LogP contribution in [0.15, 0.2) is 24.7 Å². The van der Waals surface area contributed by atoms with E-state index in [1.807, 2.05) is 0 Å². The molecule has 0 unspecified atom stereocenters. The molecule has 1 aliphatic heterocycles. The van der Waals surface area contributed by atoms with E-state index in [4.69, 9.17) is 10.5 Å². The highest BCUT2D eigenvalue weighted by Crippen LogP contribution is 2.27. The Labute approximate surface area is 148 Å². The summed E-state index contributed by atoms with van der Waals surface area (Å²) >= 11 is 0. The molecule has 9 heteroatoms. The Morgan fingerprint density at radius 2 is 2.31 bits per heavy atom. The molecular formula is C17H18N6O3. The summed E-state index contributed by atoms with van der Waals surface area (Å²) in [4.78, 5) is 31.8. The minimum atomic E-state index is -0.580. The Bertz CT molecular complexity index is 1010. The van der Waals surface area contributed by atoms with Gasteiger partial charge in [0.2, 0.25) is 11.8 Å². The van der Waals surface area contributed by atoms with Crippen LogP contribution < -0.4 is 15.8 Å². The van der Waals surface area contributed by atoms with Gasteiger partial charge in [-0.25, -0.2) is 14.5 Å². The molecule has 1 aliphatic rings. The summed E-state index contributed by atoms with van der Waals surface area (Å²) in [6.45, 7) is 2.36. The van der Waals surface area contributed by atoms with E-state index < -0.39 is 5.91 Å². The maximum Gasteiger partial charge on any atom is 0.252 e. The molecule has 0 saturated carbocycles. The standard InChI is InChI=1S/C17H18N6O3/c1-2-9-6-13(24)22-12(9)7-26-17-14-10(3-4-19-17)5-11(15(18)25)16-20-8-21-23(14)16/h3-5,8-9,12H,2,6-7H2,1H3,(H2,18,25)(H,22,24)/t9-,12-/m1/s1. The monoisotopic (exact) mass is 354 g/mol. The number of aromatic nitrogens is 4. The number of pyridine rings is 2. The van der Waals surface area contributed by atoms with Crippen molar-refractivity contribution in [3.05, 3.63) is 30.2 Å². The number of hydrogen-bond acceptors (Lipinski definition) is 6. The largest absolute Gasteiger partial charge is 0.474 e. The normalized spacial score (nSPS) is 19.8. The van der Waals surface area contributed by atoms with E-state index in [0.717, 1.165) is 6.42 Å². The van der Waals surface area contributed by atoms with E-state index in [1.165, 1.54) is 10.8 Å². The highest BCUT2D eigenvalue weighted by Gasteiger charge is 2.31. The van der Waals surface area contributed by atoms with Gasteiger partial charge < -0.3 is 15.8 Å². The van der Waals surface area contributed by atoms with Crippen LogP contribution in [0.1, 0.15) is 30.1 Å². The molecular weight excluding hydrogens is 336 g/mol. The van der Waals surface area contributed by atoms with Gasteiger partial charge in [0.25, 0.3) is 5.91 Å². The second-order valence-electron chi connectivity index (χ2n) is 6.33. The Kier molecular flexibility index (Phi) is 3.90. The van der Waals surface area contributed by atoms with Gasteiger partial charge in [-0.05, 0) is 18.1 Å². The SMILES string of the molecule is CC[C@@H]1CC(=O)N[C@@H]1COc1nccc2cc(C(N)=O)c3ncnn3c12. The topological polar surface area (TPSA) is 124 Å². The van der Waals surface area contributed by atoms with Gasteiger partial charge in [0.15, 0.2) is 5.65 Å². The van der Waals surface area contributed by atoms with Crippen LogP contribution >= 0.6 is 0 Å². The first-order chi connectivity index (χ1) is 12.6. The van der Waals surface area contributed by atoms with Crippen molar-refractivity contribution in [3.8, 4) is 5.88 Å². The predicted octanol–water partition coefficient (Wildman–Crippen LogP) is 0.670. The molecule has 3 aromatic heterocycles. The molecule has 2 amide bonds. The molecule has 2 atom stereocenters. The first-order valence-corrected chi connectivity index (χ1v) is 8.42. The van der Waals surface area contributed by atoms with Crippen molar-refractivity contribution in [3.63, 3.8) is 0 Å². The van der Waals surface area contributed by atoms with E-state index >= 15 is 0 Å². The number of nitrogens with one attached hydrogen (secondary N) is 1. The number of carbonyl (C=O) groups excluding carboxylic acids is 2. The average Bonchev–Trinajstić information content (AvgIpc) is 3.25. The quantitative estimate of drug-likeness (QED) is 0.694. The zero-order valence-electron chi connectivity index (χ0n) is 14.2. The lowest BCUT2D eigenvalue weighted by Crippen LogP contribution is -2.34. The number of ether oxygens (including phenoxy) is 1. The summed E-state index contributed by atoms with van der Waals surface area (Å²) in [5.74, 6) is 0.0695. The third-order valence-electron chi connectivity index (χ3n) is 4.77. The van der Waals surface area contributed by atoms with Gasteiger partial charge in [0, 0.05) is 18.0 Å². The Morgan fingerprint density at radius 3 is 3.08 bits per heavy atom. The number of fused-ring (bicyclic) bond motifs is 3. The lowest BCUT2D eigenvalue weighted by atomic mass is 9.98. The van der Waals surface area contributed by atoms with Gasteiger partial charge in [-0.2, -0.15) is 5.10 Å². The van der Waals surface area contributed by atoms with Gasteiger partial charge in [-0.1, -0.05) is 13.3 Å². The minimum Gasteiger partial charge on any atom is -0.474 e. The molecule has 9 nitrogen and oxygen atoms in total. The maximum atomic E-state index is 11.7. The van der Waals surface area contributed by atoms with Gasteiger partial charge in [0.05, 0.1) is 11.6 Å². The highest BCUT2D eigenvalue weighted by molar-refractivity contribution is 6.03. The van der Waals surface area contributed by atoms with Crippen molar-refractivity contribution in [2.45, 2.75) is 25.8 Å². The summed E-state index contributed by atoms with van der Waals surface area (Å²) in [7, 11) is 0. The van der Waals surface area contributed by atoms with Crippen molar-refractivity contribution in [2.24, 2.45) is 11.7 Å². The molecule has 0 aliphatic carbocycles. The van der Waals surface area contributed by atoms with Crippen LogP contribution in [0.3, 0.4) is 0 Å². The van der Waals surface area contributed by atoms with Gasteiger partial charge >= 0.3 is 0 Å². The maximum absolute atomic E-state index is 11.7. The van der Waals surface area contributed by atoms with Gasteiger partial charge in [0.1, 0.15) is 18.5 Å². The first-order valence-electron chi connectivity index (χ1n) is 8.42. The first kappa shape index (κ1) is 16.2. The summed E-state index contributed by atoms with van der Waals surface area (Å²) in [5, 5.41) is 7.84. The van der Waals surface area contributed by atoms with Crippen LogP contribution in [0.5, 0.6) is 5.88 Å². The van der Waals surface area contributed by atoms with Crippen LogP contribution in [0.4, 0.5) is 0 Å². The van der Waals surface area contributed by atoms with Crippen molar-refractivity contribution in [1.82, 2.24) is 24.9 Å². The summed E-state index contributed by atoms with van der Waals surface area (Å²) in [6, 6.07) is 3.35. The van der Waals surface area contributed by atoms with Crippen LogP contribution in [0.2, 0.25) is 0 Å². The Hall–Kier alpha value is -3.23. The average molecular weight is 354 g/mol. The van der Waals surface area contributed by atoms with Crippen molar-refractivity contribution >= 4 is 28.4 Å². The fraction of sp³-hybridized carbons (Fsp3) is 0.353. The summed E-state index contributed by atoms with van der Waals surface area (Å²) in [6.07, 6.45) is 4.35. The molecule has 4 rings (SSSR count). The van der Waals surface area contributed by atoms with Crippen LogP contribution in [0.25, 0.3) is 16.6 Å². The lowest BCUT2D eigenvalue weighted by Gasteiger charge is -2.18.